The molecule has 0 saturated heterocycles. The zero-order valence-electron chi connectivity index (χ0n) is 17.4. The maximum absolute atomic E-state index is 12.9. The van der Waals surface area contributed by atoms with Crippen molar-refractivity contribution in [2.45, 2.75) is 57.2 Å². The molecule has 1 atom stereocenters. The molecule has 30 heavy (non-hydrogen) atoms. The molecular weight excluding hydrogens is 382 g/mol. The topological polar surface area (TPSA) is 95.6 Å². The molecule has 1 fully saturated rings. The highest BCUT2D eigenvalue weighted by Crippen LogP contribution is 2.33. The Balaban J connectivity index is 1.66. The Bertz CT molecular complexity index is 911. The zero-order valence-corrected chi connectivity index (χ0v) is 17.4. The second-order valence-corrected chi connectivity index (χ2v) is 7.63. The molecule has 3 rings (SSSR count). The fourth-order valence-corrected chi connectivity index (χ4v) is 3.83. The number of likely N-dealkylation sites (N-methyl/N-ethyl adjacent to an activating group) is 1. The van der Waals surface area contributed by atoms with Gasteiger partial charge in [0.05, 0.1) is 24.4 Å². The van der Waals surface area contributed by atoms with E-state index in [0.717, 1.165) is 25.0 Å². The summed E-state index contributed by atoms with van der Waals surface area (Å²) in [5.41, 5.74) is 0.102. The number of esters is 1. The molecule has 1 heterocycles. The number of hydrogen-bond donors (Lipinski definition) is 1. The molecule has 1 amide bonds. The average molecular weight is 409 g/mol. The number of nitrogens with one attached hydrogen (secondary N) is 1. The van der Waals surface area contributed by atoms with Crippen molar-refractivity contribution in [1.82, 2.24) is 4.90 Å². The maximum Gasteiger partial charge on any atom is 0.341 e. The number of carbonyl (C=O) groups excluding carboxylic acids is 2. The van der Waals surface area contributed by atoms with Gasteiger partial charge in [0.25, 0.3) is 5.91 Å². The minimum atomic E-state index is -0.993. The Morgan fingerprint density at radius 1 is 1.23 bits per heavy atom. The highest BCUT2D eigenvalue weighted by molar-refractivity contribution is 5.97. The quantitative estimate of drug-likeness (QED) is 0.691. The van der Waals surface area contributed by atoms with Crippen molar-refractivity contribution in [3.8, 4) is 6.07 Å². The van der Waals surface area contributed by atoms with E-state index in [-0.39, 0.29) is 5.91 Å². The van der Waals surface area contributed by atoms with E-state index in [2.05, 4.69) is 11.4 Å². The van der Waals surface area contributed by atoms with E-state index >= 15 is 0 Å². The average Bonchev–Trinajstić information content (AvgIpc) is 3.31. The second kappa shape index (κ2) is 9.49. The van der Waals surface area contributed by atoms with Crippen LogP contribution in [0.4, 0.5) is 5.69 Å². The van der Waals surface area contributed by atoms with Crippen molar-refractivity contribution in [3.05, 3.63) is 54.0 Å². The molecule has 0 unspecified atom stereocenters. The first-order chi connectivity index (χ1) is 14.5. The molecule has 7 nitrogen and oxygen atoms in total. The highest BCUT2D eigenvalue weighted by atomic mass is 16.5. The highest BCUT2D eigenvalue weighted by Gasteiger charge is 2.40. The molecule has 158 valence electrons. The summed E-state index contributed by atoms with van der Waals surface area (Å²) in [4.78, 5) is 27.1. The van der Waals surface area contributed by atoms with E-state index in [9.17, 15) is 14.9 Å². The van der Waals surface area contributed by atoms with Gasteiger partial charge in [-0.25, -0.2) is 4.79 Å². The Morgan fingerprint density at radius 3 is 2.63 bits per heavy atom. The molecular formula is C23H27N3O4. The summed E-state index contributed by atoms with van der Waals surface area (Å²) in [5.74, 6) is -0.230. The molecule has 0 spiro atoms. The number of nitriles is 1. The lowest BCUT2D eigenvalue weighted by Gasteiger charge is -2.39. The van der Waals surface area contributed by atoms with Crippen LogP contribution in [-0.2, 0) is 16.1 Å². The number of hydrogen-bond acceptors (Lipinski definition) is 6. The van der Waals surface area contributed by atoms with E-state index < -0.39 is 17.6 Å². The molecule has 0 radical (unpaired) electrons. The van der Waals surface area contributed by atoms with Crippen LogP contribution in [0.3, 0.4) is 0 Å². The Hall–Kier alpha value is -3.27. The molecule has 1 N–H and O–H groups in total. The largest absolute Gasteiger partial charge is 0.467 e. The van der Waals surface area contributed by atoms with Crippen LogP contribution in [0.15, 0.2) is 47.1 Å². The van der Waals surface area contributed by atoms with Gasteiger partial charge in [0.2, 0.25) is 0 Å². The number of benzene rings is 1. The monoisotopic (exact) mass is 409 g/mol. The first-order valence-corrected chi connectivity index (χ1v) is 10.2. The van der Waals surface area contributed by atoms with Crippen molar-refractivity contribution in [2.24, 2.45) is 0 Å². The normalized spacial score (nSPS) is 16.2. The molecule has 1 aliphatic rings. The fourth-order valence-electron chi connectivity index (χ4n) is 3.83. The first-order valence-electron chi connectivity index (χ1n) is 10.2. The molecule has 0 bridgehead atoms. The SMILES string of the molecule is C[C@@H](OC(=O)c1ccccc1NCc1ccco1)C(=O)N(C)C1(C#N)CCCCC1. The van der Waals surface area contributed by atoms with Gasteiger partial charge in [0, 0.05) is 12.7 Å². The molecule has 1 saturated carbocycles. The summed E-state index contributed by atoms with van der Waals surface area (Å²) in [6.07, 6.45) is 4.77. The van der Waals surface area contributed by atoms with Crippen LogP contribution < -0.4 is 5.32 Å². The van der Waals surface area contributed by atoms with Crippen LogP contribution in [0, 0.1) is 11.3 Å². The minimum Gasteiger partial charge on any atom is -0.467 e. The van der Waals surface area contributed by atoms with Crippen molar-refractivity contribution >= 4 is 17.6 Å². The van der Waals surface area contributed by atoms with Crippen LogP contribution in [0.1, 0.15) is 55.1 Å². The van der Waals surface area contributed by atoms with E-state index in [0.29, 0.717) is 30.6 Å². The zero-order chi connectivity index (χ0) is 21.6. The first kappa shape index (κ1) is 21.4. The third kappa shape index (κ3) is 4.65. The van der Waals surface area contributed by atoms with Gasteiger partial charge >= 0.3 is 5.97 Å². The summed E-state index contributed by atoms with van der Waals surface area (Å²) >= 11 is 0. The number of para-hydroxylation sites is 1. The molecule has 2 aromatic rings. The Kier molecular flexibility index (Phi) is 6.78. The van der Waals surface area contributed by atoms with Crippen LogP contribution in [0.2, 0.25) is 0 Å². The van der Waals surface area contributed by atoms with E-state index in [1.54, 1.807) is 44.5 Å². The predicted octanol–water partition coefficient (Wildman–Crippen LogP) is 4.12. The summed E-state index contributed by atoms with van der Waals surface area (Å²) in [7, 11) is 1.63. The third-order valence-corrected chi connectivity index (χ3v) is 5.67. The number of ether oxygens (including phenoxy) is 1. The standard InChI is InChI=1S/C23H27N3O4/c1-17(21(27)26(2)23(16-24)12-6-3-7-13-23)30-22(28)19-10-4-5-11-20(19)25-15-18-9-8-14-29-18/h4-5,8-11,14,17,25H,3,6-7,12-13,15H2,1-2H3/t17-/m1/s1. The Labute approximate surface area is 176 Å². The van der Waals surface area contributed by atoms with Crippen LogP contribution in [0.25, 0.3) is 0 Å². The van der Waals surface area contributed by atoms with Gasteiger partial charge in [0.15, 0.2) is 6.10 Å². The van der Waals surface area contributed by atoms with Gasteiger partial charge in [-0.1, -0.05) is 31.4 Å². The molecule has 1 aliphatic carbocycles. The molecule has 1 aromatic heterocycles. The number of anilines is 1. The van der Waals surface area contributed by atoms with Gasteiger partial charge < -0.3 is 19.4 Å². The molecule has 7 heteroatoms. The summed E-state index contributed by atoms with van der Waals surface area (Å²) < 4.78 is 10.8. The molecule has 0 aliphatic heterocycles. The van der Waals surface area contributed by atoms with E-state index in [4.69, 9.17) is 9.15 Å². The van der Waals surface area contributed by atoms with E-state index in [1.165, 1.54) is 4.90 Å². The van der Waals surface area contributed by atoms with Crippen molar-refractivity contribution in [2.75, 3.05) is 12.4 Å². The Morgan fingerprint density at radius 2 is 1.97 bits per heavy atom. The minimum absolute atomic E-state index is 0.332. The lowest BCUT2D eigenvalue weighted by atomic mass is 9.81. The summed E-state index contributed by atoms with van der Waals surface area (Å²) in [6.45, 7) is 1.96. The van der Waals surface area contributed by atoms with Crippen molar-refractivity contribution in [1.29, 1.82) is 5.26 Å². The number of nitrogens with zero attached hydrogens (tertiary/aromatic N) is 2. The van der Waals surface area contributed by atoms with Crippen LogP contribution >= 0.6 is 0 Å². The van der Waals surface area contributed by atoms with E-state index in [1.807, 2.05) is 12.1 Å². The predicted molar refractivity (Wildman–Crippen MR) is 112 cm³/mol. The van der Waals surface area contributed by atoms with Crippen LogP contribution in [-0.4, -0.2) is 35.5 Å². The van der Waals surface area contributed by atoms with Gasteiger partial charge in [-0.05, 0) is 44.0 Å². The van der Waals surface area contributed by atoms with Crippen molar-refractivity contribution < 1.29 is 18.7 Å². The summed E-state index contributed by atoms with van der Waals surface area (Å²) in [6, 6.07) is 12.9. The third-order valence-electron chi connectivity index (χ3n) is 5.67. The van der Waals surface area contributed by atoms with Gasteiger partial charge in [-0.3, -0.25) is 4.79 Å². The van der Waals surface area contributed by atoms with Crippen molar-refractivity contribution in [3.63, 3.8) is 0 Å². The molecule has 1 aromatic carbocycles. The summed E-state index contributed by atoms with van der Waals surface area (Å²) in [5, 5.41) is 12.9. The maximum atomic E-state index is 12.9. The number of amides is 1. The smallest absolute Gasteiger partial charge is 0.341 e. The fraction of sp³-hybridized carbons (Fsp3) is 0.435. The number of furan rings is 1. The van der Waals surface area contributed by atoms with Crippen LogP contribution in [0.5, 0.6) is 0 Å². The van der Waals surface area contributed by atoms with Gasteiger partial charge in [-0.2, -0.15) is 5.26 Å². The van der Waals surface area contributed by atoms with Gasteiger partial charge in [0.1, 0.15) is 11.3 Å². The number of rotatable bonds is 7. The lowest BCUT2D eigenvalue weighted by Crippen LogP contribution is -2.53. The number of carbonyl (C=O) groups is 2. The van der Waals surface area contributed by atoms with Gasteiger partial charge in [-0.15, -0.1) is 0 Å². The lowest BCUT2D eigenvalue weighted by molar-refractivity contribution is -0.143. The second-order valence-electron chi connectivity index (χ2n) is 7.63.